The van der Waals surface area contributed by atoms with E-state index in [-0.39, 0.29) is 19.1 Å². The Labute approximate surface area is 112 Å². The molecule has 0 saturated carbocycles. The van der Waals surface area contributed by atoms with Crippen molar-refractivity contribution < 1.29 is 15.0 Å². The second-order valence-corrected chi connectivity index (χ2v) is 6.11. The Bertz CT molecular complexity index is 374. The number of hydrogen-bond donors (Lipinski definition) is 2. The van der Waals surface area contributed by atoms with Crippen LogP contribution in [-0.4, -0.2) is 45.8 Å². The second kappa shape index (κ2) is 6.31. The first-order chi connectivity index (χ1) is 8.36. The summed E-state index contributed by atoms with van der Waals surface area (Å²) in [5, 5.41) is 20.8. The number of hydrogen-bond acceptors (Lipinski definition) is 4. The third-order valence-corrected chi connectivity index (χ3v) is 3.65. The molecule has 0 fully saturated rings. The summed E-state index contributed by atoms with van der Waals surface area (Å²) in [6.07, 6.45) is -0.295. The van der Waals surface area contributed by atoms with Gasteiger partial charge in [-0.05, 0) is 32.2 Å². The van der Waals surface area contributed by atoms with Crippen LogP contribution in [0.15, 0.2) is 17.5 Å². The molecule has 1 aromatic rings. The Kier molecular flexibility index (Phi) is 5.31. The molecule has 1 atom stereocenters. The molecular formula is C13H21NO3S. The summed E-state index contributed by atoms with van der Waals surface area (Å²) in [6.45, 7) is 5.33. The molecule has 2 N–H and O–H groups in total. The van der Waals surface area contributed by atoms with Gasteiger partial charge in [-0.1, -0.05) is 6.07 Å². The van der Waals surface area contributed by atoms with Gasteiger partial charge in [-0.25, -0.2) is 0 Å². The minimum atomic E-state index is -0.661. The Morgan fingerprint density at radius 1 is 1.56 bits per heavy atom. The van der Waals surface area contributed by atoms with Crippen molar-refractivity contribution in [1.29, 1.82) is 0 Å². The molecule has 0 aliphatic carbocycles. The van der Waals surface area contributed by atoms with Crippen LogP contribution in [0.4, 0.5) is 0 Å². The predicted molar refractivity (Wildman–Crippen MR) is 72.6 cm³/mol. The van der Waals surface area contributed by atoms with E-state index in [4.69, 9.17) is 0 Å². The van der Waals surface area contributed by atoms with Gasteiger partial charge in [0, 0.05) is 11.4 Å². The van der Waals surface area contributed by atoms with Crippen molar-refractivity contribution in [2.24, 2.45) is 0 Å². The topological polar surface area (TPSA) is 60.8 Å². The quantitative estimate of drug-likeness (QED) is 0.819. The standard InChI is InChI=1S/C13H21NO3S/c1-10(16)8-14(13(2,3)9-15)12(17)7-11-5-4-6-18-11/h4-6,10,15-16H,7-9H2,1-3H3. The molecule has 4 nitrogen and oxygen atoms in total. The average molecular weight is 271 g/mol. The van der Waals surface area contributed by atoms with E-state index < -0.39 is 11.6 Å². The summed E-state index contributed by atoms with van der Waals surface area (Å²) in [7, 11) is 0. The van der Waals surface area contributed by atoms with Gasteiger partial charge in [0.1, 0.15) is 0 Å². The maximum Gasteiger partial charge on any atom is 0.228 e. The number of rotatable bonds is 6. The first-order valence-corrected chi connectivity index (χ1v) is 6.86. The van der Waals surface area contributed by atoms with Crippen molar-refractivity contribution in [2.45, 2.75) is 38.8 Å². The van der Waals surface area contributed by atoms with Gasteiger partial charge in [-0.15, -0.1) is 11.3 Å². The fourth-order valence-corrected chi connectivity index (χ4v) is 2.39. The van der Waals surface area contributed by atoms with Crippen molar-refractivity contribution in [2.75, 3.05) is 13.2 Å². The molecule has 1 unspecified atom stereocenters. The molecule has 5 heteroatoms. The Hall–Kier alpha value is -0.910. The van der Waals surface area contributed by atoms with Crippen LogP contribution in [0.5, 0.6) is 0 Å². The molecule has 0 bridgehead atoms. The number of amides is 1. The maximum atomic E-state index is 12.3. The van der Waals surface area contributed by atoms with Crippen LogP contribution in [-0.2, 0) is 11.2 Å². The lowest BCUT2D eigenvalue weighted by Gasteiger charge is -2.38. The summed E-state index contributed by atoms with van der Waals surface area (Å²) in [5.74, 6) is -0.0719. The van der Waals surface area contributed by atoms with Crippen molar-refractivity contribution >= 4 is 17.2 Å². The van der Waals surface area contributed by atoms with Crippen LogP contribution in [0, 0.1) is 0 Å². The van der Waals surface area contributed by atoms with Crippen LogP contribution in [0.3, 0.4) is 0 Å². The van der Waals surface area contributed by atoms with Crippen molar-refractivity contribution in [3.05, 3.63) is 22.4 Å². The van der Waals surface area contributed by atoms with E-state index in [2.05, 4.69) is 0 Å². The Balaban J connectivity index is 2.79. The van der Waals surface area contributed by atoms with Gasteiger partial charge in [0.15, 0.2) is 0 Å². The van der Waals surface area contributed by atoms with E-state index in [0.717, 1.165) is 4.88 Å². The highest BCUT2D eigenvalue weighted by Gasteiger charge is 2.31. The van der Waals surface area contributed by atoms with Crippen LogP contribution < -0.4 is 0 Å². The van der Waals surface area contributed by atoms with Crippen LogP contribution in [0.2, 0.25) is 0 Å². The first-order valence-electron chi connectivity index (χ1n) is 5.98. The molecule has 0 aliphatic heterocycles. The average Bonchev–Trinajstić information content (AvgIpc) is 2.78. The number of β-amino-alcohol motifs (C(OH)–C–C–N with tert-alkyl or cyclic N) is 1. The maximum absolute atomic E-state index is 12.3. The Morgan fingerprint density at radius 2 is 2.22 bits per heavy atom. The summed E-state index contributed by atoms with van der Waals surface area (Å²) in [6, 6.07) is 3.82. The Morgan fingerprint density at radius 3 is 2.67 bits per heavy atom. The molecular weight excluding hydrogens is 250 g/mol. The van der Waals surface area contributed by atoms with Crippen molar-refractivity contribution in [3.63, 3.8) is 0 Å². The highest BCUT2D eigenvalue weighted by Crippen LogP contribution is 2.18. The molecule has 0 aliphatic rings. The minimum absolute atomic E-state index is 0.0719. The lowest BCUT2D eigenvalue weighted by molar-refractivity contribution is -0.139. The van der Waals surface area contributed by atoms with Gasteiger partial charge in [0.25, 0.3) is 0 Å². The molecule has 0 radical (unpaired) electrons. The molecule has 1 amide bonds. The zero-order valence-electron chi connectivity index (χ0n) is 11.1. The van der Waals surface area contributed by atoms with Crippen molar-refractivity contribution in [3.8, 4) is 0 Å². The molecule has 1 rings (SSSR count). The number of carbonyl (C=O) groups excluding carboxylic acids is 1. The zero-order valence-corrected chi connectivity index (χ0v) is 11.9. The highest BCUT2D eigenvalue weighted by atomic mass is 32.1. The van der Waals surface area contributed by atoms with E-state index in [0.29, 0.717) is 6.42 Å². The molecule has 18 heavy (non-hydrogen) atoms. The summed E-state index contributed by atoms with van der Waals surface area (Å²) >= 11 is 1.53. The summed E-state index contributed by atoms with van der Waals surface area (Å²) < 4.78 is 0. The van der Waals surface area contributed by atoms with E-state index in [9.17, 15) is 15.0 Å². The number of aliphatic hydroxyl groups is 2. The molecule has 0 aromatic carbocycles. The van der Waals surface area contributed by atoms with Crippen LogP contribution in [0.1, 0.15) is 25.6 Å². The third kappa shape index (κ3) is 4.08. The monoisotopic (exact) mass is 271 g/mol. The lowest BCUT2D eigenvalue weighted by atomic mass is 10.0. The zero-order chi connectivity index (χ0) is 13.8. The van der Waals surface area contributed by atoms with Crippen molar-refractivity contribution in [1.82, 2.24) is 4.90 Å². The fourth-order valence-electron chi connectivity index (χ4n) is 1.69. The van der Waals surface area contributed by atoms with E-state index >= 15 is 0 Å². The predicted octanol–water partition coefficient (Wildman–Crippen LogP) is 1.27. The highest BCUT2D eigenvalue weighted by molar-refractivity contribution is 7.10. The van der Waals surface area contributed by atoms with Crippen LogP contribution >= 0.6 is 11.3 Å². The minimum Gasteiger partial charge on any atom is -0.394 e. The number of thiophene rings is 1. The van der Waals surface area contributed by atoms with Crippen LogP contribution in [0.25, 0.3) is 0 Å². The van der Waals surface area contributed by atoms with Gasteiger partial charge in [0.2, 0.25) is 5.91 Å². The van der Waals surface area contributed by atoms with Gasteiger partial charge >= 0.3 is 0 Å². The number of nitrogens with zero attached hydrogens (tertiary/aromatic N) is 1. The third-order valence-electron chi connectivity index (χ3n) is 2.77. The molecule has 1 aromatic heterocycles. The smallest absolute Gasteiger partial charge is 0.228 e. The molecule has 1 heterocycles. The first kappa shape index (κ1) is 15.1. The number of aliphatic hydroxyl groups excluding tert-OH is 2. The van der Waals surface area contributed by atoms with Gasteiger partial charge in [-0.3, -0.25) is 4.79 Å². The van der Waals surface area contributed by atoms with E-state index in [1.807, 2.05) is 17.5 Å². The summed E-state index contributed by atoms with van der Waals surface area (Å²) in [5.41, 5.74) is -0.661. The largest absolute Gasteiger partial charge is 0.394 e. The van der Waals surface area contributed by atoms with Gasteiger partial charge < -0.3 is 15.1 Å². The van der Waals surface area contributed by atoms with Gasteiger partial charge in [-0.2, -0.15) is 0 Å². The normalized spacial score (nSPS) is 13.4. The number of carbonyl (C=O) groups is 1. The fraction of sp³-hybridized carbons (Fsp3) is 0.615. The summed E-state index contributed by atoms with van der Waals surface area (Å²) in [4.78, 5) is 14.8. The molecule has 102 valence electrons. The van der Waals surface area contributed by atoms with Gasteiger partial charge in [0.05, 0.1) is 24.7 Å². The second-order valence-electron chi connectivity index (χ2n) is 5.08. The van der Waals surface area contributed by atoms with E-state index in [1.54, 1.807) is 25.7 Å². The van der Waals surface area contributed by atoms with E-state index in [1.165, 1.54) is 11.3 Å². The SMILES string of the molecule is CC(O)CN(C(=O)Cc1cccs1)C(C)(C)CO. The lowest BCUT2D eigenvalue weighted by Crippen LogP contribution is -2.53. The molecule has 0 spiro atoms. The molecule has 0 saturated heterocycles.